The molecule has 0 spiro atoms. The van der Waals surface area contributed by atoms with E-state index in [0.717, 1.165) is 12.8 Å². The Balaban J connectivity index is 1.46. The van der Waals surface area contributed by atoms with Crippen LogP contribution in [0.3, 0.4) is 0 Å². The standard InChI is InChI=1S/C17H19N5O3/c23-15-4-3-14(20-21-15)16(24)19-10-12-5-8-22(9-6-12)17(25)13-2-1-7-18-11-13/h1-4,7,11-12H,5-6,8-10H2,(H,19,24)(H,21,23). The number of rotatable bonds is 4. The van der Waals surface area contributed by atoms with Gasteiger partial charge >= 0.3 is 0 Å². The third kappa shape index (κ3) is 4.28. The number of H-pyrrole nitrogens is 1. The molecule has 0 aromatic carbocycles. The fraction of sp³-hybridized carbons (Fsp3) is 0.353. The molecule has 0 atom stereocenters. The molecule has 0 unspecified atom stereocenters. The summed E-state index contributed by atoms with van der Waals surface area (Å²) in [7, 11) is 0. The lowest BCUT2D eigenvalue weighted by atomic mass is 9.96. The first-order chi connectivity index (χ1) is 12.1. The summed E-state index contributed by atoms with van der Waals surface area (Å²) in [6, 6.07) is 6.17. The predicted molar refractivity (Wildman–Crippen MR) is 90.1 cm³/mol. The molecule has 0 aliphatic carbocycles. The van der Waals surface area contributed by atoms with Crippen molar-refractivity contribution in [2.24, 2.45) is 5.92 Å². The average molecular weight is 341 g/mol. The Labute approximate surface area is 144 Å². The maximum atomic E-state index is 12.4. The lowest BCUT2D eigenvalue weighted by Gasteiger charge is -2.32. The molecule has 25 heavy (non-hydrogen) atoms. The highest BCUT2D eigenvalue weighted by atomic mass is 16.2. The van der Waals surface area contributed by atoms with E-state index < -0.39 is 0 Å². The highest BCUT2D eigenvalue weighted by molar-refractivity contribution is 5.94. The third-order valence-corrected chi connectivity index (χ3v) is 4.27. The molecule has 0 bridgehead atoms. The van der Waals surface area contributed by atoms with E-state index in [1.165, 1.54) is 12.1 Å². The maximum Gasteiger partial charge on any atom is 0.271 e. The number of likely N-dealkylation sites (tertiary alicyclic amines) is 1. The van der Waals surface area contributed by atoms with Crippen molar-refractivity contribution in [2.75, 3.05) is 19.6 Å². The van der Waals surface area contributed by atoms with Gasteiger partial charge in [0.05, 0.1) is 5.56 Å². The highest BCUT2D eigenvalue weighted by Crippen LogP contribution is 2.18. The van der Waals surface area contributed by atoms with Crippen molar-refractivity contribution in [3.8, 4) is 0 Å². The molecular weight excluding hydrogens is 322 g/mol. The summed E-state index contributed by atoms with van der Waals surface area (Å²) in [6.45, 7) is 1.84. The first kappa shape index (κ1) is 16.8. The van der Waals surface area contributed by atoms with Gasteiger partial charge < -0.3 is 10.2 Å². The zero-order valence-corrected chi connectivity index (χ0v) is 13.6. The van der Waals surface area contributed by atoms with Gasteiger partial charge in [-0.3, -0.25) is 19.4 Å². The summed E-state index contributed by atoms with van der Waals surface area (Å²) >= 11 is 0. The van der Waals surface area contributed by atoms with E-state index in [1.807, 2.05) is 4.90 Å². The SMILES string of the molecule is O=C(NCC1CCN(C(=O)c2cccnc2)CC1)c1ccc(=O)[nH]n1. The number of hydrogen-bond donors (Lipinski definition) is 2. The summed E-state index contributed by atoms with van der Waals surface area (Å²) in [6.07, 6.45) is 4.87. The van der Waals surface area contributed by atoms with Crippen molar-refractivity contribution in [3.05, 3.63) is 58.3 Å². The number of carbonyl (C=O) groups excluding carboxylic acids is 2. The van der Waals surface area contributed by atoms with E-state index in [2.05, 4.69) is 20.5 Å². The smallest absolute Gasteiger partial charge is 0.271 e. The molecule has 2 aromatic rings. The van der Waals surface area contributed by atoms with Gasteiger partial charge in [0, 0.05) is 38.1 Å². The highest BCUT2D eigenvalue weighted by Gasteiger charge is 2.24. The number of pyridine rings is 1. The fourth-order valence-electron chi connectivity index (χ4n) is 2.81. The van der Waals surface area contributed by atoms with E-state index >= 15 is 0 Å². The number of aromatic amines is 1. The molecule has 0 saturated carbocycles. The Morgan fingerprint density at radius 3 is 2.68 bits per heavy atom. The minimum absolute atomic E-state index is 0.00646. The average Bonchev–Trinajstić information content (AvgIpc) is 2.67. The Kier molecular flexibility index (Phi) is 5.17. The van der Waals surface area contributed by atoms with Crippen LogP contribution >= 0.6 is 0 Å². The van der Waals surface area contributed by atoms with Gasteiger partial charge in [0.15, 0.2) is 0 Å². The minimum Gasteiger partial charge on any atom is -0.350 e. The summed E-state index contributed by atoms with van der Waals surface area (Å²) in [5.74, 6) is -0.0113. The van der Waals surface area contributed by atoms with Gasteiger partial charge in [-0.1, -0.05) is 0 Å². The second-order valence-electron chi connectivity index (χ2n) is 5.99. The minimum atomic E-state index is -0.345. The maximum absolute atomic E-state index is 12.4. The molecule has 8 heteroatoms. The van der Waals surface area contributed by atoms with E-state index in [9.17, 15) is 14.4 Å². The van der Waals surface area contributed by atoms with Crippen LogP contribution in [0.15, 0.2) is 41.5 Å². The molecular formula is C17H19N5O3. The second kappa shape index (κ2) is 7.69. The van der Waals surface area contributed by atoms with Crippen molar-refractivity contribution in [1.82, 2.24) is 25.4 Å². The molecule has 1 aliphatic heterocycles. The van der Waals surface area contributed by atoms with Crippen LogP contribution in [0, 0.1) is 5.92 Å². The van der Waals surface area contributed by atoms with Gasteiger partial charge in [-0.25, -0.2) is 5.10 Å². The number of piperidine rings is 1. The number of amides is 2. The number of nitrogens with zero attached hydrogens (tertiary/aromatic N) is 3. The van der Waals surface area contributed by atoms with Gasteiger partial charge in [-0.2, -0.15) is 5.10 Å². The zero-order chi connectivity index (χ0) is 17.6. The van der Waals surface area contributed by atoms with Crippen LogP contribution in [0.25, 0.3) is 0 Å². The van der Waals surface area contributed by atoms with Gasteiger partial charge in [-0.05, 0) is 37.0 Å². The van der Waals surface area contributed by atoms with Gasteiger partial charge in [0.2, 0.25) is 0 Å². The normalized spacial score (nSPS) is 15.0. The van der Waals surface area contributed by atoms with E-state index in [0.29, 0.717) is 31.1 Å². The number of hydrogen-bond acceptors (Lipinski definition) is 5. The van der Waals surface area contributed by atoms with E-state index in [-0.39, 0.29) is 23.1 Å². The van der Waals surface area contributed by atoms with Crippen LogP contribution in [0.4, 0.5) is 0 Å². The molecule has 1 aliphatic rings. The lowest BCUT2D eigenvalue weighted by Crippen LogP contribution is -2.41. The van der Waals surface area contributed by atoms with E-state index in [4.69, 9.17) is 0 Å². The van der Waals surface area contributed by atoms with Crippen LogP contribution in [0.1, 0.15) is 33.7 Å². The number of aromatic nitrogens is 3. The van der Waals surface area contributed by atoms with Gasteiger partial charge in [-0.15, -0.1) is 0 Å². The Bertz CT molecular complexity index is 777. The zero-order valence-electron chi connectivity index (χ0n) is 13.6. The summed E-state index contributed by atoms with van der Waals surface area (Å²) in [4.78, 5) is 41.1. The summed E-state index contributed by atoms with van der Waals surface area (Å²) < 4.78 is 0. The van der Waals surface area contributed by atoms with Gasteiger partial charge in [0.1, 0.15) is 5.69 Å². The van der Waals surface area contributed by atoms with Crippen LogP contribution in [-0.2, 0) is 0 Å². The van der Waals surface area contributed by atoms with Crippen molar-refractivity contribution in [1.29, 1.82) is 0 Å². The monoisotopic (exact) mass is 341 g/mol. The molecule has 130 valence electrons. The Morgan fingerprint density at radius 1 is 1.24 bits per heavy atom. The van der Waals surface area contributed by atoms with E-state index in [1.54, 1.807) is 24.5 Å². The molecule has 2 amide bonds. The second-order valence-corrected chi connectivity index (χ2v) is 5.99. The van der Waals surface area contributed by atoms with Crippen LogP contribution < -0.4 is 10.9 Å². The molecule has 8 nitrogen and oxygen atoms in total. The van der Waals surface area contributed by atoms with Crippen LogP contribution in [0.5, 0.6) is 0 Å². The fourth-order valence-corrected chi connectivity index (χ4v) is 2.81. The molecule has 3 rings (SSSR count). The molecule has 3 heterocycles. The lowest BCUT2D eigenvalue weighted by molar-refractivity contribution is 0.0683. The Morgan fingerprint density at radius 2 is 2.04 bits per heavy atom. The topological polar surface area (TPSA) is 108 Å². The largest absolute Gasteiger partial charge is 0.350 e. The van der Waals surface area contributed by atoms with Crippen LogP contribution in [-0.4, -0.2) is 51.5 Å². The summed E-state index contributed by atoms with van der Waals surface area (Å²) in [5.41, 5.74) is 0.435. The molecule has 1 fully saturated rings. The first-order valence-corrected chi connectivity index (χ1v) is 8.17. The molecule has 2 N–H and O–H groups in total. The van der Waals surface area contributed by atoms with Crippen molar-refractivity contribution < 1.29 is 9.59 Å². The number of carbonyl (C=O) groups is 2. The number of nitrogens with one attached hydrogen (secondary N) is 2. The van der Waals surface area contributed by atoms with Gasteiger partial charge in [0.25, 0.3) is 17.4 Å². The third-order valence-electron chi connectivity index (χ3n) is 4.27. The molecule has 0 radical (unpaired) electrons. The quantitative estimate of drug-likeness (QED) is 0.839. The molecule has 2 aromatic heterocycles. The first-order valence-electron chi connectivity index (χ1n) is 8.17. The van der Waals surface area contributed by atoms with Crippen molar-refractivity contribution in [2.45, 2.75) is 12.8 Å². The van der Waals surface area contributed by atoms with Crippen molar-refractivity contribution >= 4 is 11.8 Å². The predicted octanol–water partition coefficient (Wildman–Crippen LogP) is 0.447. The molecule has 1 saturated heterocycles. The Hall–Kier alpha value is -3.03. The van der Waals surface area contributed by atoms with Crippen molar-refractivity contribution in [3.63, 3.8) is 0 Å². The van der Waals surface area contributed by atoms with Crippen LogP contribution in [0.2, 0.25) is 0 Å². The summed E-state index contributed by atoms with van der Waals surface area (Å²) in [5, 5.41) is 8.77.